The summed E-state index contributed by atoms with van der Waals surface area (Å²) in [6.45, 7) is 6.12. The van der Waals surface area contributed by atoms with E-state index in [2.05, 4.69) is 16.8 Å². The fourth-order valence-corrected chi connectivity index (χ4v) is 2.91. The quantitative estimate of drug-likeness (QED) is 0.856. The summed E-state index contributed by atoms with van der Waals surface area (Å²) in [5.41, 5.74) is 0.941. The van der Waals surface area contributed by atoms with Crippen LogP contribution in [0.4, 0.5) is 5.82 Å². The molecule has 0 aliphatic carbocycles. The zero-order valence-corrected chi connectivity index (χ0v) is 10.6. The zero-order valence-electron chi connectivity index (χ0n) is 9.76. The minimum Gasteiger partial charge on any atom is -0.389 e. The summed E-state index contributed by atoms with van der Waals surface area (Å²) in [4.78, 5) is 6.68. The highest BCUT2D eigenvalue weighted by Crippen LogP contribution is 2.24. The summed E-state index contributed by atoms with van der Waals surface area (Å²) in [5, 5.41) is 10.2. The summed E-state index contributed by atoms with van der Waals surface area (Å²) >= 11 is 2.01. The molecule has 0 radical (unpaired) electrons. The van der Waals surface area contributed by atoms with E-state index in [4.69, 9.17) is 0 Å². The Balaban J connectivity index is 2.16. The highest BCUT2D eigenvalue weighted by atomic mass is 32.2. The Kier molecular flexibility index (Phi) is 3.71. The first-order valence-electron chi connectivity index (χ1n) is 5.67. The van der Waals surface area contributed by atoms with Crippen LogP contribution in [-0.2, 0) is 0 Å². The topological polar surface area (TPSA) is 36.4 Å². The fraction of sp³-hybridized carbons (Fsp3) is 0.583. The average molecular weight is 238 g/mol. The molecule has 16 heavy (non-hydrogen) atoms. The van der Waals surface area contributed by atoms with Crippen molar-refractivity contribution in [3.8, 4) is 0 Å². The van der Waals surface area contributed by atoms with Crippen molar-refractivity contribution in [2.75, 3.05) is 23.7 Å². The number of pyridine rings is 1. The van der Waals surface area contributed by atoms with Gasteiger partial charge in [-0.15, -0.1) is 0 Å². The Hall–Kier alpha value is -0.740. The number of hydrogen-bond donors (Lipinski definition) is 1. The largest absolute Gasteiger partial charge is 0.389 e. The van der Waals surface area contributed by atoms with Crippen molar-refractivity contribution in [3.05, 3.63) is 23.9 Å². The highest BCUT2D eigenvalue weighted by molar-refractivity contribution is 8.00. The lowest BCUT2D eigenvalue weighted by atomic mass is 10.1. The molecule has 0 spiro atoms. The van der Waals surface area contributed by atoms with Gasteiger partial charge in [-0.1, -0.05) is 6.92 Å². The van der Waals surface area contributed by atoms with Gasteiger partial charge in [0.05, 0.1) is 6.10 Å². The molecular formula is C12H18N2OS. The molecule has 1 aliphatic heterocycles. The number of hydrogen-bond acceptors (Lipinski definition) is 4. The lowest BCUT2D eigenvalue weighted by Crippen LogP contribution is -2.37. The third-order valence-corrected chi connectivity index (χ3v) is 3.95. The van der Waals surface area contributed by atoms with E-state index < -0.39 is 6.10 Å². The van der Waals surface area contributed by atoms with Gasteiger partial charge < -0.3 is 10.0 Å². The number of aromatic nitrogens is 1. The van der Waals surface area contributed by atoms with Crippen molar-refractivity contribution >= 4 is 17.6 Å². The predicted octanol–water partition coefficient (Wildman–Crippen LogP) is 2.08. The summed E-state index contributed by atoms with van der Waals surface area (Å²) in [6, 6.07) is 3.86. The molecule has 88 valence electrons. The first-order chi connectivity index (χ1) is 7.66. The lowest BCUT2D eigenvalue weighted by molar-refractivity contribution is 0.199. The van der Waals surface area contributed by atoms with Gasteiger partial charge in [0.25, 0.3) is 0 Å². The molecule has 1 N–H and O–H groups in total. The normalized spacial score (nSPS) is 23.2. The first-order valence-corrected chi connectivity index (χ1v) is 6.72. The third-order valence-electron chi connectivity index (χ3n) is 2.82. The average Bonchev–Trinajstić information content (AvgIpc) is 2.29. The molecule has 0 saturated carbocycles. The molecule has 2 unspecified atom stereocenters. The van der Waals surface area contributed by atoms with E-state index in [1.807, 2.05) is 23.9 Å². The molecule has 4 heteroatoms. The first kappa shape index (κ1) is 11.7. The molecule has 2 rings (SSSR count). The van der Waals surface area contributed by atoms with Crippen molar-refractivity contribution in [1.29, 1.82) is 0 Å². The molecule has 3 nitrogen and oxygen atoms in total. The summed E-state index contributed by atoms with van der Waals surface area (Å²) < 4.78 is 0. The van der Waals surface area contributed by atoms with Crippen LogP contribution in [0.2, 0.25) is 0 Å². The number of aliphatic hydroxyl groups is 1. The molecule has 1 aromatic rings. The standard InChI is InChI=1S/C12H18N2OS/c1-9-8-14(5-6-16-9)12-7-11(10(2)15)3-4-13-12/h3-4,7,9-10,15H,5-6,8H2,1-2H3. The van der Waals surface area contributed by atoms with Crippen molar-refractivity contribution in [1.82, 2.24) is 4.98 Å². The maximum absolute atomic E-state index is 9.55. The highest BCUT2D eigenvalue weighted by Gasteiger charge is 2.18. The van der Waals surface area contributed by atoms with Gasteiger partial charge in [0.15, 0.2) is 0 Å². The van der Waals surface area contributed by atoms with Gasteiger partial charge >= 0.3 is 0 Å². The van der Waals surface area contributed by atoms with Gasteiger partial charge in [0.1, 0.15) is 5.82 Å². The fourth-order valence-electron chi connectivity index (χ4n) is 1.89. The molecule has 1 saturated heterocycles. The van der Waals surface area contributed by atoms with E-state index in [0.29, 0.717) is 5.25 Å². The molecule has 1 aromatic heterocycles. The second kappa shape index (κ2) is 5.06. The minimum absolute atomic E-state index is 0.418. The third kappa shape index (κ3) is 2.68. The predicted molar refractivity (Wildman–Crippen MR) is 69.0 cm³/mol. The second-order valence-electron chi connectivity index (χ2n) is 4.25. The second-order valence-corrected chi connectivity index (χ2v) is 5.80. The number of thioether (sulfide) groups is 1. The minimum atomic E-state index is -0.418. The van der Waals surface area contributed by atoms with E-state index in [1.165, 1.54) is 0 Å². The maximum Gasteiger partial charge on any atom is 0.128 e. The number of nitrogens with zero attached hydrogens (tertiary/aromatic N) is 2. The molecule has 1 fully saturated rings. The molecule has 0 aromatic carbocycles. The Bertz CT molecular complexity index is 357. The summed E-state index contributed by atoms with van der Waals surface area (Å²) in [5.74, 6) is 2.15. The Morgan fingerprint density at radius 1 is 1.62 bits per heavy atom. The van der Waals surface area contributed by atoms with Crippen LogP contribution in [0.3, 0.4) is 0 Å². The van der Waals surface area contributed by atoms with Crippen LogP contribution >= 0.6 is 11.8 Å². The molecule has 1 aliphatic rings. The SMILES string of the molecule is CC1CN(c2cc(C(C)O)ccn2)CCS1. The van der Waals surface area contributed by atoms with Crippen molar-refractivity contribution in [2.45, 2.75) is 25.2 Å². The molecule has 0 amide bonds. The van der Waals surface area contributed by atoms with Gasteiger partial charge in [0, 0.05) is 30.3 Å². The van der Waals surface area contributed by atoms with Crippen molar-refractivity contribution < 1.29 is 5.11 Å². The monoisotopic (exact) mass is 238 g/mol. The van der Waals surface area contributed by atoms with Crippen LogP contribution in [0, 0.1) is 0 Å². The van der Waals surface area contributed by atoms with Crippen LogP contribution in [-0.4, -0.2) is 34.2 Å². The molecule has 2 heterocycles. The van der Waals surface area contributed by atoms with E-state index >= 15 is 0 Å². The van der Waals surface area contributed by atoms with Gasteiger partial charge in [-0.25, -0.2) is 4.98 Å². The molecule has 0 bridgehead atoms. The van der Waals surface area contributed by atoms with E-state index in [9.17, 15) is 5.11 Å². The number of rotatable bonds is 2. The smallest absolute Gasteiger partial charge is 0.128 e. The summed E-state index contributed by atoms with van der Waals surface area (Å²) in [7, 11) is 0. The van der Waals surface area contributed by atoms with E-state index in [-0.39, 0.29) is 0 Å². The molecule has 2 atom stereocenters. The lowest BCUT2D eigenvalue weighted by Gasteiger charge is -2.31. The number of anilines is 1. The van der Waals surface area contributed by atoms with Gasteiger partial charge in [-0.3, -0.25) is 0 Å². The van der Waals surface area contributed by atoms with Crippen LogP contribution in [0.15, 0.2) is 18.3 Å². The molecular weight excluding hydrogens is 220 g/mol. The van der Waals surface area contributed by atoms with E-state index in [1.54, 1.807) is 13.1 Å². The van der Waals surface area contributed by atoms with Crippen LogP contribution < -0.4 is 4.90 Å². The van der Waals surface area contributed by atoms with Gasteiger partial charge in [-0.05, 0) is 24.6 Å². The van der Waals surface area contributed by atoms with Crippen molar-refractivity contribution in [3.63, 3.8) is 0 Å². The van der Waals surface area contributed by atoms with Gasteiger partial charge in [-0.2, -0.15) is 11.8 Å². The number of aliphatic hydroxyl groups excluding tert-OH is 1. The Morgan fingerprint density at radius 2 is 2.44 bits per heavy atom. The van der Waals surface area contributed by atoms with E-state index in [0.717, 1.165) is 30.2 Å². The summed E-state index contributed by atoms with van der Waals surface area (Å²) in [6.07, 6.45) is 1.36. The Morgan fingerprint density at radius 3 is 3.12 bits per heavy atom. The zero-order chi connectivity index (χ0) is 11.5. The maximum atomic E-state index is 9.55. The van der Waals surface area contributed by atoms with Crippen LogP contribution in [0.1, 0.15) is 25.5 Å². The van der Waals surface area contributed by atoms with Crippen LogP contribution in [0.25, 0.3) is 0 Å². The van der Waals surface area contributed by atoms with Gasteiger partial charge in [0.2, 0.25) is 0 Å². The van der Waals surface area contributed by atoms with Crippen molar-refractivity contribution in [2.24, 2.45) is 0 Å². The Labute approximate surface area is 101 Å². The van der Waals surface area contributed by atoms with Crippen LogP contribution in [0.5, 0.6) is 0 Å².